The lowest BCUT2D eigenvalue weighted by Gasteiger charge is -2.21. The van der Waals surface area contributed by atoms with Gasteiger partial charge in [0.2, 0.25) is 0 Å². The molecular formula is C18H17F3N2. The highest BCUT2D eigenvalue weighted by molar-refractivity contribution is 5.34. The topological polar surface area (TPSA) is 16.1 Å². The van der Waals surface area contributed by atoms with Gasteiger partial charge in [-0.2, -0.15) is 13.2 Å². The van der Waals surface area contributed by atoms with Gasteiger partial charge < -0.3 is 0 Å². The van der Waals surface area contributed by atoms with Crippen LogP contribution in [0, 0.1) is 5.92 Å². The number of pyridine rings is 1. The number of hydrogen-bond donors (Lipinski definition) is 0. The molecule has 1 saturated heterocycles. The number of rotatable bonds is 3. The average Bonchev–Trinajstić information content (AvgIpc) is 3.10. The summed E-state index contributed by atoms with van der Waals surface area (Å²) in [6, 6.07) is 13.0. The lowest BCUT2D eigenvalue weighted by atomic mass is 10.00. The predicted octanol–water partition coefficient (Wildman–Crippen LogP) is 3.87. The Bertz CT molecular complexity index is 696. The van der Waals surface area contributed by atoms with Gasteiger partial charge in [-0.15, -0.1) is 0 Å². The van der Waals surface area contributed by atoms with Crippen molar-refractivity contribution in [3.05, 3.63) is 65.5 Å². The first kappa shape index (κ1) is 14.7. The maximum absolute atomic E-state index is 12.7. The fraction of sp³-hybridized carbons (Fsp3) is 0.389. The molecule has 23 heavy (non-hydrogen) atoms. The van der Waals surface area contributed by atoms with E-state index in [1.165, 1.54) is 5.56 Å². The Balaban J connectivity index is 1.48. The van der Waals surface area contributed by atoms with E-state index in [1.54, 1.807) is 6.07 Å². The third-order valence-corrected chi connectivity index (χ3v) is 5.07. The summed E-state index contributed by atoms with van der Waals surface area (Å²) >= 11 is 0. The Morgan fingerprint density at radius 3 is 2.57 bits per heavy atom. The van der Waals surface area contributed by atoms with Crippen LogP contribution in [0.4, 0.5) is 13.2 Å². The molecular weight excluding hydrogens is 301 g/mol. The van der Waals surface area contributed by atoms with Crippen LogP contribution >= 0.6 is 0 Å². The first-order valence-electron chi connectivity index (χ1n) is 7.77. The van der Waals surface area contributed by atoms with Gasteiger partial charge >= 0.3 is 6.18 Å². The smallest absolute Gasteiger partial charge is 0.298 e. The van der Waals surface area contributed by atoms with Crippen molar-refractivity contribution in [2.24, 2.45) is 5.92 Å². The quantitative estimate of drug-likeness (QED) is 0.854. The van der Waals surface area contributed by atoms with Gasteiger partial charge in [0.15, 0.2) is 0 Å². The fourth-order valence-corrected chi connectivity index (χ4v) is 3.80. The number of halogens is 3. The molecule has 1 aliphatic carbocycles. The second kappa shape index (κ2) is 5.06. The van der Waals surface area contributed by atoms with E-state index in [1.807, 2.05) is 18.2 Å². The minimum absolute atomic E-state index is 0.0289. The van der Waals surface area contributed by atoms with E-state index in [0.29, 0.717) is 5.92 Å². The van der Waals surface area contributed by atoms with E-state index in [-0.39, 0.29) is 5.41 Å². The molecule has 120 valence electrons. The van der Waals surface area contributed by atoms with Gasteiger partial charge in [-0.1, -0.05) is 30.3 Å². The largest absolute Gasteiger partial charge is 0.417 e. The van der Waals surface area contributed by atoms with E-state index in [2.05, 4.69) is 22.0 Å². The van der Waals surface area contributed by atoms with E-state index < -0.39 is 11.7 Å². The fourth-order valence-electron chi connectivity index (χ4n) is 3.80. The SMILES string of the molecule is FC(F)(F)c1ccc(C23CC2CN(Cc2ccccc2)C3)nc1. The number of likely N-dealkylation sites (tertiary alicyclic amines) is 1. The van der Waals surface area contributed by atoms with Gasteiger partial charge in [-0.25, -0.2) is 0 Å². The van der Waals surface area contributed by atoms with Crippen LogP contribution in [0.2, 0.25) is 0 Å². The molecule has 1 aliphatic heterocycles. The van der Waals surface area contributed by atoms with Gasteiger partial charge in [0.1, 0.15) is 0 Å². The van der Waals surface area contributed by atoms with Crippen LogP contribution in [-0.4, -0.2) is 23.0 Å². The molecule has 1 aromatic carbocycles. The maximum atomic E-state index is 12.7. The number of aromatic nitrogens is 1. The Hall–Kier alpha value is -1.88. The average molecular weight is 318 g/mol. The molecule has 5 heteroatoms. The molecule has 2 aliphatic rings. The van der Waals surface area contributed by atoms with Crippen molar-refractivity contribution in [1.29, 1.82) is 0 Å². The molecule has 2 unspecified atom stereocenters. The van der Waals surface area contributed by atoms with Gasteiger partial charge in [0.05, 0.1) is 5.56 Å². The minimum Gasteiger partial charge on any atom is -0.298 e. The van der Waals surface area contributed by atoms with Crippen LogP contribution in [0.15, 0.2) is 48.7 Å². The monoisotopic (exact) mass is 318 g/mol. The molecule has 0 amide bonds. The Kier molecular flexibility index (Phi) is 3.23. The molecule has 2 heterocycles. The highest BCUT2D eigenvalue weighted by Crippen LogP contribution is 2.58. The molecule has 0 bridgehead atoms. The third kappa shape index (κ3) is 2.63. The summed E-state index contributed by atoms with van der Waals surface area (Å²) in [5.41, 5.74) is 1.38. The zero-order chi connectivity index (χ0) is 16.1. The van der Waals surface area contributed by atoms with Gasteiger partial charge in [0.25, 0.3) is 0 Å². The number of piperidine rings is 1. The summed E-state index contributed by atoms with van der Waals surface area (Å²) in [6.45, 7) is 2.77. The van der Waals surface area contributed by atoms with Crippen molar-refractivity contribution in [2.45, 2.75) is 24.6 Å². The molecule has 0 spiro atoms. The zero-order valence-electron chi connectivity index (χ0n) is 12.6. The third-order valence-electron chi connectivity index (χ3n) is 5.07. The van der Waals surface area contributed by atoms with Crippen molar-refractivity contribution >= 4 is 0 Å². The van der Waals surface area contributed by atoms with Crippen LogP contribution in [0.1, 0.15) is 23.2 Å². The second-order valence-corrected chi connectivity index (χ2v) is 6.64. The van der Waals surface area contributed by atoms with Crippen LogP contribution < -0.4 is 0 Å². The first-order valence-corrected chi connectivity index (χ1v) is 7.77. The zero-order valence-corrected chi connectivity index (χ0v) is 12.6. The van der Waals surface area contributed by atoms with E-state index >= 15 is 0 Å². The van der Waals surface area contributed by atoms with Crippen molar-refractivity contribution in [2.75, 3.05) is 13.1 Å². The summed E-state index contributed by atoms with van der Waals surface area (Å²) < 4.78 is 38.0. The van der Waals surface area contributed by atoms with E-state index in [9.17, 15) is 13.2 Å². The lowest BCUT2D eigenvalue weighted by Crippen LogP contribution is -2.26. The van der Waals surface area contributed by atoms with Gasteiger partial charge in [-0.3, -0.25) is 9.88 Å². The highest BCUT2D eigenvalue weighted by atomic mass is 19.4. The molecule has 0 radical (unpaired) electrons. The number of fused-ring (bicyclic) bond motifs is 1. The first-order chi connectivity index (χ1) is 11.0. The number of alkyl halides is 3. The van der Waals surface area contributed by atoms with E-state index in [0.717, 1.165) is 44.0 Å². The Labute approximate surface area is 133 Å². The molecule has 2 nitrogen and oxygen atoms in total. The normalized spacial score (nSPS) is 27.0. The summed E-state index contributed by atoms with van der Waals surface area (Å²) in [5.74, 6) is 0.524. The lowest BCUT2D eigenvalue weighted by molar-refractivity contribution is -0.137. The van der Waals surface area contributed by atoms with Crippen LogP contribution in [0.5, 0.6) is 0 Å². The second-order valence-electron chi connectivity index (χ2n) is 6.64. The summed E-state index contributed by atoms with van der Waals surface area (Å²) in [6.07, 6.45) is -2.31. The summed E-state index contributed by atoms with van der Waals surface area (Å²) in [4.78, 5) is 6.51. The minimum atomic E-state index is -4.32. The van der Waals surface area contributed by atoms with Crippen molar-refractivity contribution < 1.29 is 13.2 Å². The molecule has 4 rings (SSSR count). The Morgan fingerprint density at radius 2 is 1.91 bits per heavy atom. The molecule has 1 aromatic heterocycles. The molecule has 2 fully saturated rings. The highest BCUT2D eigenvalue weighted by Gasteiger charge is 2.61. The van der Waals surface area contributed by atoms with Gasteiger partial charge in [0, 0.05) is 36.9 Å². The predicted molar refractivity (Wildman–Crippen MR) is 80.7 cm³/mol. The van der Waals surface area contributed by atoms with Crippen LogP contribution in [-0.2, 0) is 18.1 Å². The van der Waals surface area contributed by atoms with E-state index in [4.69, 9.17) is 0 Å². The van der Waals surface area contributed by atoms with Gasteiger partial charge in [-0.05, 0) is 30.0 Å². The molecule has 2 aromatic rings. The summed E-state index contributed by atoms with van der Waals surface area (Å²) in [7, 11) is 0. The molecule has 1 saturated carbocycles. The molecule has 0 N–H and O–H groups in total. The standard InChI is InChI=1S/C18H17F3N2/c19-18(20,21)14-6-7-16(22-9-14)17-8-15(17)11-23(12-17)10-13-4-2-1-3-5-13/h1-7,9,15H,8,10-12H2. The van der Waals surface area contributed by atoms with Crippen molar-refractivity contribution in [3.8, 4) is 0 Å². The number of hydrogen-bond acceptors (Lipinski definition) is 2. The number of benzene rings is 1. The Morgan fingerprint density at radius 1 is 1.13 bits per heavy atom. The van der Waals surface area contributed by atoms with Crippen LogP contribution in [0.3, 0.4) is 0 Å². The number of nitrogens with zero attached hydrogens (tertiary/aromatic N) is 2. The molecule has 2 atom stereocenters. The maximum Gasteiger partial charge on any atom is 0.417 e. The van der Waals surface area contributed by atoms with Crippen LogP contribution in [0.25, 0.3) is 0 Å². The summed E-state index contributed by atoms with van der Waals surface area (Å²) in [5, 5.41) is 0. The van der Waals surface area contributed by atoms with Crippen molar-refractivity contribution in [3.63, 3.8) is 0 Å². The van der Waals surface area contributed by atoms with Crippen molar-refractivity contribution in [1.82, 2.24) is 9.88 Å².